The van der Waals surface area contributed by atoms with Crippen LogP contribution in [0.25, 0.3) is 0 Å². The molecular weight excluding hydrogens is 482 g/mol. The molecule has 0 bridgehead atoms. The molecule has 10 heteroatoms. The van der Waals surface area contributed by atoms with Crippen molar-refractivity contribution < 1.29 is 19.4 Å². The molecule has 0 fully saturated rings. The number of hydrogen-bond donors (Lipinski definition) is 4. The van der Waals surface area contributed by atoms with E-state index in [2.05, 4.69) is 5.32 Å². The van der Waals surface area contributed by atoms with Crippen molar-refractivity contribution in [3.05, 3.63) is 58.6 Å². The van der Waals surface area contributed by atoms with Gasteiger partial charge in [-0.05, 0) is 57.0 Å². The molecule has 3 rings (SSSR count). The van der Waals surface area contributed by atoms with Crippen molar-refractivity contribution in [2.45, 2.75) is 45.6 Å². The molecule has 1 aliphatic rings. The molecule has 0 aromatic heterocycles. The van der Waals surface area contributed by atoms with Crippen LogP contribution >= 0.6 is 11.6 Å². The van der Waals surface area contributed by atoms with Crippen molar-refractivity contribution >= 4 is 46.5 Å². The summed E-state index contributed by atoms with van der Waals surface area (Å²) in [6.45, 7) is 4.23. The van der Waals surface area contributed by atoms with Gasteiger partial charge in [-0.1, -0.05) is 23.7 Å². The number of carbonyl (C=O) groups excluding carboxylic acids is 1. The molecule has 2 aromatic carbocycles. The Morgan fingerprint density at radius 1 is 1.19 bits per heavy atom. The lowest BCUT2D eigenvalue weighted by molar-refractivity contribution is -0.137. The first kappa shape index (κ1) is 26.9. The second-order valence-electron chi connectivity index (χ2n) is 8.34. The third kappa shape index (κ3) is 6.69. The normalized spacial score (nSPS) is 15.0. The highest BCUT2D eigenvalue weighted by Gasteiger charge is 2.32. The Hall–Kier alpha value is -3.72. The van der Waals surface area contributed by atoms with Crippen LogP contribution in [-0.2, 0) is 9.59 Å². The highest BCUT2D eigenvalue weighted by atomic mass is 35.5. The number of aliphatic carboxylic acids is 1. The molecule has 1 amide bonds. The van der Waals surface area contributed by atoms with Crippen LogP contribution in [0.3, 0.4) is 0 Å². The predicted octanol–water partition coefficient (Wildman–Crippen LogP) is 4.50. The smallest absolute Gasteiger partial charge is 0.303 e. The summed E-state index contributed by atoms with van der Waals surface area (Å²) >= 11 is 6.11. The van der Waals surface area contributed by atoms with E-state index in [1.165, 1.54) is 4.90 Å². The Morgan fingerprint density at radius 2 is 1.92 bits per heavy atom. The molecule has 190 valence electrons. The second-order valence-corrected chi connectivity index (χ2v) is 8.78. The summed E-state index contributed by atoms with van der Waals surface area (Å²) < 4.78 is 5.88. The molecule has 1 aliphatic heterocycles. The lowest BCUT2D eigenvalue weighted by Crippen LogP contribution is -2.42. The van der Waals surface area contributed by atoms with E-state index in [9.17, 15) is 9.59 Å². The Bertz CT molecular complexity index is 1180. The molecule has 0 saturated carbocycles. The lowest BCUT2D eigenvalue weighted by atomic mass is 9.99. The van der Waals surface area contributed by atoms with Crippen molar-refractivity contribution in [3.8, 4) is 5.75 Å². The molecule has 36 heavy (non-hydrogen) atoms. The van der Waals surface area contributed by atoms with Crippen LogP contribution in [0.4, 0.5) is 5.69 Å². The van der Waals surface area contributed by atoms with Crippen LogP contribution in [0.2, 0.25) is 5.02 Å². The third-order valence-corrected chi connectivity index (χ3v) is 5.82. The fourth-order valence-electron chi connectivity index (χ4n) is 3.91. The molecular formula is C26H30ClN5O4. The predicted molar refractivity (Wildman–Crippen MR) is 141 cm³/mol. The second kappa shape index (κ2) is 12.3. The third-order valence-electron chi connectivity index (χ3n) is 5.56. The molecule has 0 saturated heterocycles. The number of ether oxygens (including phenoxy) is 1. The number of fused-ring (bicyclic) bond motifs is 1. The molecule has 1 atom stereocenters. The van der Waals surface area contributed by atoms with Crippen molar-refractivity contribution in [1.29, 1.82) is 10.8 Å². The highest BCUT2D eigenvalue weighted by Crippen LogP contribution is 2.33. The first-order valence-corrected chi connectivity index (χ1v) is 12.1. The number of aliphatic imine (C=N–C) groups is 1. The van der Waals surface area contributed by atoms with Gasteiger partial charge in [-0.2, -0.15) is 0 Å². The SMILES string of the molecule is CCNC(=O)C[C@@H]1N=C(c2ccc(Cl)cc2)c2cc(OCCCCC(=O)O)ccc2N(C(C)=N)C1=N. The fraction of sp³-hybridized carbons (Fsp3) is 0.346. The number of nitrogens with one attached hydrogen (secondary N) is 3. The minimum atomic E-state index is -0.837. The number of anilines is 1. The maximum absolute atomic E-state index is 12.5. The number of unbranched alkanes of at least 4 members (excludes halogenated alkanes) is 1. The number of carboxylic acid groups (broad SMARTS) is 1. The number of nitrogens with zero attached hydrogens (tertiary/aromatic N) is 2. The number of benzodiazepines with no additional fused rings is 1. The number of carboxylic acids is 1. The highest BCUT2D eigenvalue weighted by molar-refractivity contribution is 6.31. The van der Waals surface area contributed by atoms with Gasteiger partial charge in [0, 0.05) is 29.1 Å². The molecule has 1 heterocycles. The van der Waals surface area contributed by atoms with Gasteiger partial charge in [0.1, 0.15) is 23.5 Å². The zero-order valence-corrected chi connectivity index (χ0v) is 21.1. The van der Waals surface area contributed by atoms with Crippen LogP contribution in [0.15, 0.2) is 47.5 Å². The average molecular weight is 512 g/mol. The van der Waals surface area contributed by atoms with E-state index < -0.39 is 12.0 Å². The van der Waals surface area contributed by atoms with Crippen molar-refractivity contribution in [2.75, 3.05) is 18.1 Å². The van der Waals surface area contributed by atoms with E-state index in [4.69, 9.17) is 37.3 Å². The fourth-order valence-corrected chi connectivity index (χ4v) is 4.04. The van der Waals surface area contributed by atoms with E-state index in [0.29, 0.717) is 53.7 Å². The minimum absolute atomic E-state index is 0.0290. The minimum Gasteiger partial charge on any atom is -0.494 e. The van der Waals surface area contributed by atoms with Gasteiger partial charge >= 0.3 is 5.97 Å². The molecule has 0 unspecified atom stereocenters. The first-order valence-electron chi connectivity index (χ1n) is 11.7. The van der Waals surface area contributed by atoms with Gasteiger partial charge in [-0.15, -0.1) is 0 Å². The molecule has 0 aliphatic carbocycles. The van der Waals surface area contributed by atoms with Gasteiger partial charge in [0.25, 0.3) is 0 Å². The summed E-state index contributed by atoms with van der Waals surface area (Å²) in [7, 11) is 0. The first-order chi connectivity index (χ1) is 17.2. The van der Waals surface area contributed by atoms with E-state index in [0.717, 1.165) is 5.56 Å². The molecule has 9 nitrogen and oxygen atoms in total. The maximum Gasteiger partial charge on any atom is 0.303 e. The summed E-state index contributed by atoms with van der Waals surface area (Å²) in [6, 6.07) is 11.7. The average Bonchev–Trinajstić information content (AvgIpc) is 2.94. The number of halogens is 1. The van der Waals surface area contributed by atoms with Crippen LogP contribution in [0.5, 0.6) is 5.75 Å². The summed E-state index contributed by atoms with van der Waals surface area (Å²) in [5.41, 5.74) is 2.53. The van der Waals surface area contributed by atoms with E-state index >= 15 is 0 Å². The van der Waals surface area contributed by atoms with Crippen molar-refractivity contribution in [2.24, 2.45) is 4.99 Å². The van der Waals surface area contributed by atoms with Gasteiger partial charge in [0.15, 0.2) is 0 Å². The number of hydrogen-bond acceptors (Lipinski definition) is 6. The number of amidine groups is 2. The number of benzene rings is 2. The topological polar surface area (TPSA) is 139 Å². The number of amides is 1. The summed E-state index contributed by atoms with van der Waals surface area (Å²) in [6.07, 6.45) is 1.15. The van der Waals surface area contributed by atoms with E-state index in [1.807, 2.05) is 19.1 Å². The van der Waals surface area contributed by atoms with Crippen molar-refractivity contribution in [1.82, 2.24) is 5.32 Å². The Labute approximate surface area is 215 Å². The largest absolute Gasteiger partial charge is 0.494 e. The van der Waals surface area contributed by atoms with Crippen molar-refractivity contribution in [3.63, 3.8) is 0 Å². The molecule has 2 aromatic rings. The van der Waals surface area contributed by atoms with Crippen LogP contribution in [0, 0.1) is 10.8 Å². The molecule has 0 spiro atoms. The Balaban J connectivity index is 2.06. The quantitative estimate of drug-likeness (QED) is 0.211. The number of carbonyl (C=O) groups is 2. The lowest BCUT2D eigenvalue weighted by Gasteiger charge is -2.26. The van der Waals surface area contributed by atoms with Gasteiger partial charge in [0.05, 0.1) is 24.4 Å². The number of rotatable bonds is 10. The standard InChI is InChI=1S/C26H30ClN5O4/c1-3-30-23(33)15-21-26(29)32(16(2)28)22-12-11-19(36-13-5-4-6-24(34)35)14-20(22)25(31-21)17-7-9-18(27)10-8-17/h7-12,14,21,28-29H,3-6,13,15H2,1-2H3,(H,30,33)(H,34,35)/t21-/m0/s1. The zero-order chi connectivity index (χ0) is 26.2. The molecule has 0 radical (unpaired) electrons. The van der Waals surface area contributed by atoms with Gasteiger partial charge in [-0.3, -0.25) is 30.3 Å². The van der Waals surface area contributed by atoms with E-state index in [1.54, 1.807) is 37.3 Å². The summed E-state index contributed by atoms with van der Waals surface area (Å²) in [4.78, 5) is 29.5. The summed E-state index contributed by atoms with van der Waals surface area (Å²) in [5.74, 6) is -0.360. The van der Waals surface area contributed by atoms with Crippen LogP contribution in [0.1, 0.15) is 50.7 Å². The van der Waals surface area contributed by atoms with Gasteiger partial charge < -0.3 is 15.2 Å². The van der Waals surface area contributed by atoms with Gasteiger partial charge in [-0.25, -0.2) is 0 Å². The van der Waals surface area contributed by atoms with E-state index in [-0.39, 0.29) is 30.4 Å². The van der Waals surface area contributed by atoms with Gasteiger partial charge in [0.2, 0.25) is 5.91 Å². The van der Waals surface area contributed by atoms with Crippen LogP contribution < -0.4 is 15.0 Å². The molecule has 4 N–H and O–H groups in total. The monoisotopic (exact) mass is 511 g/mol. The maximum atomic E-state index is 12.5. The Kier molecular flexibility index (Phi) is 9.19. The zero-order valence-electron chi connectivity index (χ0n) is 20.3. The Morgan fingerprint density at radius 3 is 2.56 bits per heavy atom. The van der Waals surface area contributed by atoms with Crippen LogP contribution in [-0.4, -0.2) is 53.6 Å². The summed E-state index contributed by atoms with van der Waals surface area (Å²) in [5, 5.41) is 29.4.